The fraction of sp³-hybridized carbons (Fsp3) is 0.600. The lowest BCUT2D eigenvalue weighted by Gasteiger charge is -2.10. The first-order chi connectivity index (χ1) is 11.3. The monoisotopic (exact) mass is 344 g/mol. The van der Waals surface area contributed by atoms with Gasteiger partial charge in [-0.2, -0.15) is 0 Å². The summed E-state index contributed by atoms with van der Waals surface area (Å²) in [5, 5.41) is 2.35. The molecule has 0 bridgehead atoms. The Kier molecular flexibility index (Phi) is 11.7. The van der Waals surface area contributed by atoms with E-state index < -0.39 is 23.8 Å². The van der Waals surface area contributed by atoms with Gasteiger partial charge in [-0.05, 0) is 14.1 Å². The average molecular weight is 344 g/mol. The Balaban J connectivity index is 3.66. The number of nitrogens with zero attached hydrogens (tertiary/aromatic N) is 1. The highest BCUT2D eigenvalue weighted by Crippen LogP contribution is 1.94. The Labute approximate surface area is 140 Å². The van der Waals surface area contributed by atoms with Crippen LogP contribution in [-0.2, 0) is 33.4 Å². The third kappa shape index (κ3) is 13.3. The molecule has 9 nitrogen and oxygen atoms in total. The summed E-state index contributed by atoms with van der Waals surface area (Å²) in [6.07, 6.45) is 0.741. The van der Waals surface area contributed by atoms with Crippen molar-refractivity contribution in [1.82, 2.24) is 10.2 Å². The maximum atomic E-state index is 11.5. The lowest BCUT2D eigenvalue weighted by molar-refractivity contribution is -0.150. The van der Waals surface area contributed by atoms with E-state index in [1.165, 1.54) is 0 Å². The molecule has 0 aliphatic heterocycles. The summed E-state index contributed by atoms with van der Waals surface area (Å²) in [5.74, 6) is -2.22. The molecule has 0 unspecified atom stereocenters. The molecule has 0 spiro atoms. The number of ether oxygens (including phenoxy) is 3. The number of hydrogen-bond donors (Lipinski definition) is 1. The molecule has 0 rings (SSSR count). The van der Waals surface area contributed by atoms with Crippen LogP contribution in [0.3, 0.4) is 0 Å². The van der Waals surface area contributed by atoms with Crippen LogP contribution in [0, 0.1) is 0 Å². The third-order valence-corrected chi connectivity index (χ3v) is 2.55. The van der Waals surface area contributed by atoms with Crippen LogP contribution >= 0.6 is 0 Å². The highest BCUT2D eigenvalue weighted by molar-refractivity contribution is 5.84. The number of nitrogens with one attached hydrogen (secondary N) is 1. The first-order valence-corrected chi connectivity index (χ1v) is 7.37. The van der Waals surface area contributed by atoms with Crippen molar-refractivity contribution in [3.05, 3.63) is 12.7 Å². The maximum absolute atomic E-state index is 11.5. The van der Waals surface area contributed by atoms with E-state index in [0.717, 1.165) is 6.08 Å². The third-order valence-electron chi connectivity index (χ3n) is 2.55. The largest absolute Gasteiger partial charge is 0.463 e. The van der Waals surface area contributed by atoms with E-state index in [9.17, 15) is 19.2 Å². The zero-order valence-corrected chi connectivity index (χ0v) is 14.0. The molecule has 0 saturated carbocycles. The van der Waals surface area contributed by atoms with Crippen molar-refractivity contribution < 1.29 is 33.4 Å². The molecule has 0 aliphatic carbocycles. The molecule has 0 aromatic heterocycles. The average Bonchev–Trinajstić information content (AvgIpc) is 2.54. The summed E-state index contributed by atoms with van der Waals surface area (Å²) < 4.78 is 14.3. The Hall–Kier alpha value is -2.42. The standard InChI is InChI=1S/C15H24N2O7/c1-4-13(19)23-9-10-24-14(20)6-5-12(18)16-11-15(21)22-8-7-17(2)3/h4H,1,5-11H2,2-3H3,(H,16,18). The molecule has 0 fully saturated rings. The van der Waals surface area contributed by atoms with E-state index in [2.05, 4.69) is 16.6 Å². The molecule has 0 atom stereocenters. The molecule has 0 heterocycles. The van der Waals surface area contributed by atoms with E-state index in [-0.39, 0.29) is 39.2 Å². The maximum Gasteiger partial charge on any atom is 0.330 e. The van der Waals surface area contributed by atoms with Gasteiger partial charge in [0, 0.05) is 19.0 Å². The van der Waals surface area contributed by atoms with E-state index in [0.29, 0.717) is 6.54 Å². The van der Waals surface area contributed by atoms with Crippen molar-refractivity contribution in [2.75, 3.05) is 47.0 Å². The second-order valence-electron chi connectivity index (χ2n) is 4.89. The summed E-state index contributed by atoms with van der Waals surface area (Å²) >= 11 is 0. The predicted octanol–water partition coefficient (Wildman–Crippen LogP) is -0.740. The first kappa shape index (κ1) is 21.6. The molecule has 24 heavy (non-hydrogen) atoms. The number of carbonyl (C=O) groups excluding carboxylic acids is 4. The van der Waals surface area contributed by atoms with Crippen LogP contribution in [0.25, 0.3) is 0 Å². The number of likely N-dealkylation sites (N-methyl/N-ethyl adjacent to an activating group) is 1. The van der Waals surface area contributed by atoms with E-state index in [1.54, 1.807) is 0 Å². The van der Waals surface area contributed by atoms with Gasteiger partial charge in [-0.1, -0.05) is 6.58 Å². The van der Waals surface area contributed by atoms with E-state index >= 15 is 0 Å². The highest BCUT2D eigenvalue weighted by Gasteiger charge is 2.10. The topological polar surface area (TPSA) is 111 Å². The number of hydrogen-bond acceptors (Lipinski definition) is 8. The van der Waals surface area contributed by atoms with Crippen LogP contribution in [0.4, 0.5) is 0 Å². The molecule has 9 heteroatoms. The van der Waals surface area contributed by atoms with Crippen molar-refractivity contribution in [3.8, 4) is 0 Å². The van der Waals surface area contributed by atoms with Crippen LogP contribution in [0.2, 0.25) is 0 Å². The molecular weight excluding hydrogens is 320 g/mol. The van der Waals surface area contributed by atoms with Gasteiger partial charge in [-0.3, -0.25) is 14.4 Å². The van der Waals surface area contributed by atoms with E-state index in [4.69, 9.17) is 9.47 Å². The van der Waals surface area contributed by atoms with Gasteiger partial charge >= 0.3 is 17.9 Å². The van der Waals surface area contributed by atoms with Crippen molar-refractivity contribution in [2.45, 2.75) is 12.8 Å². The molecule has 0 aliphatic rings. The second-order valence-corrected chi connectivity index (χ2v) is 4.89. The van der Waals surface area contributed by atoms with Crippen molar-refractivity contribution in [1.29, 1.82) is 0 Å². The Morgan fingerprint density at radius 3 is 2.21 bits per heavy atom. The Morgan fingerprint density at radius 1 is 0.958 bits per heavy atom. The zero-order chi connectivity index (χ0) is 18.4. The van der Waals surface area contributed by atoms with Crippen LogP contribution in [0.5, 0.6) is 0 Å². The SMILES string of the molecule is C=CC(=O)OCCOC(=O)CCC(=O)NCC(=O)OCCN(C)C. The van der Waals surface area contributed by atoms with Gasteiger partial charge < -0.3 is 24.4 Å². The van der Waals surface area contributed by atoms with Crippen molar-refractivity contribution in [2.24, 2.45) is 0 Å². The van der Waals surface area contributed by atoms with Crippen LogP contribution in [0.1, 0.15) is 12.8 Å². The zero-order valence-electron chi connectivity index (χ0n) is 14.0. The van der Waals surface area contributed by atoms with Crippen LogP contribution < -0.4 is 5.32 Å². The fourth-order valence-corrected chi connectivity index (χ4v) is 1.30. The molecule has 0 saturated heterocycles. The number of amides is 1. The quantitative estimate of drug-likeness (QED) is 0.213. The molecule has 0 aromatic carbocycles. The molecular formula is C15H24N2O7. The second kappa shape index (κ2) is 13.1. The van der Waals surface area contributed by atoms with Gasteiger partial charge in [-0.25, -0.2) is 4.79 Å². The Bertz CT molecular complexity index is 449. The van der Waals surface area contributed by atoms with Gasteiger partial charge in [0.25, 0.3) is 0 Å². The van der Waals surface area contributed by atoms with E-state index in [1.807, 2.05) is 19.0 Å². The smallest absolute Gasteiger partial charge is 0.330 e. The van der Waals surface area contributed by atoms with Crippen LogP contribution in [-0.4, -0.2) is 75.7 Å². The van der Waals surface area contributed by atoms with Gasteiger partial charge in [0.2, 0.25) is 5.91 Å². The molecule has 0 aromatic rings. The lowest BCUT2D eigenvalue weighted by Crippen LogP contribution is -2.32. The number of esters is 3. The molecule has 0 radical (unpaired) electrons. The van der Waals surface area contributed by atoms with Gasteiger partial charge in [0.15, 0.2) is 0 Å². The number of rotatable bonds is 12. The number of carbonyl (C=O) groups is 4. The molecule has 136 valence electrons. The molecule has 1 N–H and O–H groups in total. The fourth-order valence-electron chi connectivity index (χ4n) is 1.30. The lowest BCUT2D eigenvalue weighted by atomic mass is 10.3. The minimum absolute atomic E-state index is 0.0818. The van der Waals surface area contributed by atoms with Crippen molar-refractivity contribution >= 4 is 23.8 Å². The summed E-state index contributed by atoms with van der Waals surface area (Å²) in [5.41, 5.74) is 0. The minimum Gasteiger partial charge on any atom is -0.463 e. The van der Waals surface area contributed by atoms with Crippen molar-refractivity contribution in [3.63, 3.8) is 0 Å². The Morgan fingerprint density at radius 2 is 1.58 bits per heavy atom. The summed E-state index contributed by atoms with van der Waals surface area (Å²) in [6, 6.07) is 0. The highest BCUT2D eigenvalue weighted by atomic mass is 16.6. The van der Waals surface area contributed by atoms with Gasteiger partial charge in [0.05, 0.1) is 6.42 Å². The van der Waals surface area contributed by atoms with Gasteiger partial charge in [-0.15, -0.1) is 0 Å². The first-order valence-electron chi connectivity index (χ1n) is 7.37. The van der Waals surface area contributed by atoms with Gasteiger partial charge in [0.1, 0.15) is 26.4 Å². The summed E-state index contributed by atoms with van der Waals surface area (Å²) in [4.78, 5) is 46.7. The molecule has 1 amide bonds. The summed E-state index contributed by atoms with van der Waals surface area (Å²) in [6.45, 7) is 3.61. The predicted molar refractivity (Wildman–Crippen MR) is 83.9 cm³/mol. The minimum atomic E-state index is -0.608. The summed E-state index contributed by atoms with van der Waals surface area (Å²) in [7, 11) is 3.69. The van der Waals surface area contributed by atoms with Crippen LogP contribution in [0.15, 0.2) is 12.7 Å². The normalized spacial score (nSPS) is 9.96.